The van der Waals surface area contributed by atoms with Crippen molar-refractivity contribution in [2.45, 2.75) is 25.2 Å². The minimum absolute atomic E-state index is 0.183. The fourth-order valence-corrected chi connectivity index (χ4v) is 3.09. The van der Waals surface area contributed by atoms with Gasteiger partial charge in [-0.15, -0.1) is 0 Å². The molecule has 1 atom stereocenters. The molecule has 1 aliphatic rings. The summed E-state index contributed by atoms with van der Waals surface area (Å²) >= 11 is 0. The molecule has 100 valence electrons. The Bertz CT molecular complexity index is 569. The van der Waals surface area contributed by atoms with Crippen molar-refractivity contribution in [1.82, 2.24) is 4.72 Å². The zero-order chi connectivity index (χ0) is 13.6. The highest BCUT2D eigenvalue weighted by Crippen LogP contribution is 2.51. The largest absolute Gasteiger partial charge is 0.399 e. The minimum atomic E-state index is -3.79. The number of sulfonamides is 1. The standard InChI is InChI=1S/C12H17FN2O2S/c1-12(2)6-8(12)7-15-18(16,17)11-4-3-9(14)5-10(11)13/h3-5,8,15H,6-7,14H2,1-2H3. The molecule has 0 bridgehead atoms. The average molecular weight is 272 g/mol. The van der Waals surface area contributed by atoms with Crippen LogP contribution in [-0.2, 0) is 10.0 Å². The lowest BCUT2D eigenvalue weighted by atomic mass is 10.1. The van der Waals surface area contributed by atoms with E-state index in [1.807, 2.05) is 0 Å². The van der Waals surface area contributed by atoms with Gasteiger partial charge in [0.25, 0.3) is 0 Å². The fraction of sp³-hybridized carbons (Fsp3) is 0.500. The molecule has 0 saturated heterocycles. The molecule has 3 N–H and O–H groups in total. The molecule has 1 aromatic carbocycles. The van der Waals surface area contributed by atoms with Gasteiger partial charge in [-0.25, -0.2) is 17.5 Å². The van der Waals surface area contributed by atoms with Crippen LogP contribution in [0.15, 0.2) is 23.1 Å². The van der Waals surface area contributed by atoms with Crippen LogP contribution in [0.2, 0.25) is 0 Å². The molecule has 18 heavy (non-hydrogen) atoms. The molecule has 1 unspecified atom stereocenters. The van der Waals surface area contributed by atoms with Crippen molar-refractivity contribution in [2.24, 2.45) is 11.3 Å². The first-order valence-electron chi connectivity index (χ1n) is 5.77. The second kappa shape index (κ2) is 4.20. The normalized spacial score (nSPS) is 21.8. The van der Waals surface area contributed by atoms with Gasteiger partial charge in [-0.3, -0.25) is 0 Å². The van der Waals surface area contributed by atoms with E-state index in [0.717, 1.165) is 12.5 Å². The molecule has 1 fully saturated rings. The molecule has 0 aliphatic heterocycles. The van der Waals surface area contributed by atoms with Crippen molar-refractivity contribution in [2.75, 3.05) is 12.3 Å². The lowest BCUT2D eigenvalue weighted by Gasteiger charge is -2.09. The summed E-state index contributed by atoms with van der Waals surface area (Å²) in [5.74, 6) is -0.498. The Morgan fingerprint density at radius 2 is 2.11 bits per heavy atom. The first-order valence-corrected chi connectivity index (χ1v) is 7.25. The third kappa shape index (κ3) is 2.64. The molecule has 0 amide bonds. The predicted molar refractivity (Wildman–Crippen MR) is 67.9 cm³/mol. The number of nitrogens with one attached hydrogen (secondary N) is 1. The first kappa shape index (κ1) is 13.3. The lowest BCUT2D eigenvalue weighted by molar-refractivity contribution is 0.531. The van der Waals surface area contributed by atoms with Crippen LogP contribution in [0.3, 0.4) is 0 Å². The van der Waals surface area contributed by atoms with Gasteiger partial charge in [-0.2, -0.15) is 0 Å². The predicted octanol–water partition coefficient (Wildman–Crippen LogP) is 1.73. The molecule has 0 spiro atoms. The van der Waals surface area contributed by atoms with E-state index in [2.05, 4.69) is 18.6 Å². The molecule has 1 aromatic rings. The van der Waals surface area contributed by atoms with E-state index in [1.165, 1.54) is 12.1 Å². The van der Waals surface area contributed by atoms with Crippen LogP contribution < -0.4 is 10.5 Å². The van der Waals surface area contributed by atoms with Gasteiger partial charge in [0.15, 0.2) is 0 Å². The summed E-state index contributed by atoms with van der Waals surface area (Å²) < 4.78 is 39.8. The summed E-state index contributed by atoms with van der Waals surface area (Å²) in [6.45, 7) is 4.50. The number of nitrogen functional groups attached to an aromatic ring is 1. The Labute approximate surface area is 106 Å². The molecule has 0 radical (unpaired) electrons. The van der Waals surface area contributed by atoms with Crippen LogP contribution in [0.1, 0.15) is 20.3 Å². The van der Waals surface area contributed by atoms with Crippen LogP contribution in [0, 0.1) is 17.2 Å². The second-order valence-electron chi connectivity index (χ2n) is 5.43. The molecular formula is C12H17FN2O2S. The van der Waals surface area contributed by atoms with E-state index in [-0.39, 0.29) is 16.0 Å². The topological polar surface area (TPSA) is 72.2 Å². The van der Waals surface area contributed by atoms with Crippen molar-refractivity contribution in [3.05, 3.63) is 24.0 Å². The molecule has 0 heterocycles. The van der Waals surface area contributed by atoms with Crippen molar-refractivity contribution < 1.29 is 12.8 Å². The molecular weight excluding hydrogens is 255 g/mol. The van der Waals surface area contributed by atoms with Gasteiger partial charge >= 0.3 is 0 Å². The highest BCUT2D eigenvalue weighted by Gasteiger charge is 2.45. The summed E-state index contributed by atoms with van der Waals surface area (Å²) in [5, 5.41) is 0. The number of nitrogens with two attached hydrogens (primary N) is 1. The fourth-order valence-electron chi connectivity index (χ4n) is 1.95. The molecule has 1 aliphatic carbocycles. The van der Waals surface area contributed by atoms with E-state index >= 15 is 0 Å². The molecule has 0 aromatic heterocycles. The van der Waals surface area contributed by atoms with Gasteiger partial charge in [0.05, 0.1) is 0 Å². The van der Waals surface area contributed by atoms with Gasteiger partial charge in [0, 0.05) is 12.2 Å². The summed E-state index contributed by atoms with van der Waals surface area (Å²) in [5.41, 5.74) is 5.77. The SMILES string of the molecule is CC1(C)CC1CNS(=O)(=O)c1ccc(N)cc1F. The monoisotopic (exact) mass is 272 g/mol. The van der Waals surface area contributed by atoms with Crippen molar-refractivity contribution in [3.63, 3.8) is 0 Å². The Kier molecular flexibility index (Phi) is 3.11. The number of hydrogen-bond acceptors (Lipinski definition) is 3. The first-order chi connectivity index (χ1) is 8.22. The van der Waals surface area contributed by atoms with Crippen LogP contribution >= 0.6 is 0 Å². The van der Waals surface area contributed by atoms with Crippen molar-refractivity contribution in [1.29, 1.82) is 0 Å². The summed E-state index contributed by atoms with van der Waals surface area (Å²) in [7, 11) is -3.79. The quantitative estimate of drug-likeness (QED) is 0.820. The summed E-state index contributed by atoms with van der Waals surface area (Å²) in [4.78, 5) is -0.352. The highest BCUT2D eigenvalue weighted by molar-refractivity contribution is 7.89. The highest BCUT2D eigenvalue weighted by atomic mass is 32.2. The lowest BCUT2D eigenvalue weighted by Crippen LogP contribution is -2.27. The average Bonchev–Trinajstić information content (AvgIpc) is 2.83. The third-order valence-electron chi connectivity index (χ3n) is 3.48. The zero-order valence-corrected chi connectivity index (χ0v) is 11.2. The zero-order valence-electron chi connectivity index (χ0n) is 10.4. The van der Waals surface area contributed by atoms with E-state index < -0.39 is 15.8 Å². The second-order valence-corrected chi connectivity index (χ2v) is 7.17. The van der Waals surface area contributed by atoms with Gasteiger partial charge < -0.3 is 5.73 Å². The maximum absolute atomic E-state index is 13.5. The van der Waals surface area contributed by atoms with E-state index in [4.69, 9.17) is 5.73 Å². The number of hydrogen-bond donors (Lipinski definition) is 2. The van der Waals surface area contributed by atoms with Crippen molar-refractivity contribution >= 4 is 15.7 Å². The van der Waals surface area contributed by atoms with Crippen LogP contribution in [0.5, 0.6) is 0 Å². The van der Waals surface area contributed by atoms with Crippen LogP contribution in [0.4, 0.5) is 10.1 Å². The number of rotatable bonds is 4. The minimum Gasteiger partial charge on any atom is -0.399 e. The van der Waals surface area contributed by atoms with E-state index in [9.17, 15) is 12.8 Å². The van der Waals surface area contributed by atoms with Gasteiger partial charge in [-0.05, 0) is 36.0 Å². The van der Waals surface area contributed by atoms with Crippen molar-refractivity contribution in [3.8, 4) is 0 Å². The third-order valence-corrected chi connectivity index (χ3v) is 4.94. The van der Waals surface area contributed by atoms with Crippen LogP contribution in [-0.4, -0.2) is 15.0 Å². The Hall–Kier alpha value is -1.14. The molecule has 4 nitrogen and oxygen atoms in total. The Morgan fingerprint density at radius 1 is 1.50 bits per heavy atom. The van der Waals surface area contributed by atoms with Gasteiger partial charge in [0.2, 0.25) is 10.0 Å². The van der Waals surface area contributed by atoms with Gasteiger partial charge in [-0.1, -0.05) is 13.8 Å². The summed E-state index contributed by atoms with van der Waals surface area (Å²) in [6.07, 6.45) is 0.986. The maximum Gasteiger partial charge on any atom is 0.243 e. The van der Waals surface area contributed by atoms with Gasteiger partial charge in [0.1, 0.15) is 10.7 Å². The summed E-state index contributed by atoms with van der Waals surface area (Å²) in [6, 6.07) is 3.57. The Balaban J connectivity index is 2.11. The number of benzene rings is 1. The maximum atomic E-state index is 13.5. The molecule has 2 rings (SSSR count). The Morgan fingerprint density at radius 3 is 2.61 bits per heavy atom. The number of halogens is 1. The smallest absolute Gasteiger partial charge is 0.243 e. The van der Waals surface area contributed by atoms with E-state index in [0.29, 0.717) is 12.5 Å². The number of anilines is 1. The molecule has 1 saturated carbocycles. The molecule has 6 heteroatoms. The van der Waals surface area contributed by atoms with Crippen LogP contribution in [0.25, 0.3) is 0 Å². The van der Waals surface area contributed by atoms with E-state index in [1.54, 1.807) is 0 Å².